The molecule has 0 N–H and O–H groups in total. The van der Waals surface area contributed by atoms with Crippen molar-refractivity contribution >= 4 is 11.6 Å². The number of methoxy groups -OCH3 is 1. The summed E-state index contributed by atoms with van der Waals surface area (Å²) in [5.74, 6) is 1.41. The van der Waals surface area contributed by atoms with Crippen molar-refractivity contribution < 1.29 is 9.47 Å². The summed E-state index contributed by atoms with van der Waals surface area (Å²) in [7, 11) is 1.51. The highest BCUT2D eigenvalue weighted by molar-refractivity contribution is 6.30. The molecule has 1 aromatic carbocycles. The van der Waals surface area contributed by atoms with Crippen molar-refractivity contribution in [3.8, 4) is 23.4 Å². The van der Waals surface area contributed by atoms with E-state index in [1.165, 1.54) is 13.4 Å². The van der Waals surface area contributed by atoms with E-state index in [0.29, 0.717) is 28.1 Å². The van der Waals surface area contributed by atoms with Crippen molar-refractivity contribution in [1.82, 2.24) is 9.97 Å². The van der Waals surface area contributed by atoms with Gasteiger partial charge in [0.2, 0.25) is 5.88 Å². The molecule has 0 bridgehead atoms. The van der Waals surface area contributed by atoms with Crippen LogP contribution in [0.1, 0.15) is 30.9 Å². The number of ether oxygens (including phenoxy) is 2. The Morgan fingerprint density at radius 3 is 2.62 bits per heavy atom. The van der Waals surface area contributed by atoms with Crippen LogP contribution in [-0.4, -0.2) is 17.1 Å². The van der Waals surface area contributed by atoms with Crippen LogP contribution < -0.4 is 9.47 Å². The molecule has 21 heavy (non-hydrogen) atoms. The van der Waals surface area contributed by atoms with Crippen molar-refractivity contribution in [2.45, 2.75) is 19.8 Å². The zero-order chi connectivity index (χ0) is 15.4. The zero-order valence-electron chi connectivity index (χ0n) is 11.9. The van der Waals surface area contributed by atoms with E-state index in [1.807, 2.05) is 19.9 Å². The fraction of sp³-hybridized carbons (Fsp3) is 0.267. The maximum absolute atomic E-state index is 8.91. The summed E-state index contributed by atoms with van der Waals surface area (Å²) >= 11 is 6.11. The van der Waals surface area contributed by atoms with E-state index in [-0.39, 0.29) is 5.92 Å². The average Bonchev–Trinajstić information content (AvgIpc) is 2.47. The molecule has 0 saturated carbocycles. The summed E-state index contributed by atoms with van der Waals surface area (Å²) in [5, 5.41) is 9.27. The van der Waals surface area contributed by atoms with Gasteiger partial charge in [0.25, 0.3) is 0 Å². The van der Waals surface area contributed by atoms with Gasteiger partial charge in [-0.3, -0.25) is 0 Å². The molecule has 1 heterocycles. The average molecular weight is 304 g/mol. The molecule has 0 aliphatic heterocycles. The monoisotopic (exact) mass is 303 g/mol. The summed E-state index contributed by atoms with van der Waals surface area (Å²) in [6.07, 6.45) is 1.35. The maximum atomic E-state index is 8.91. The Balaban J connectivity index is 2.44. The number of hydrogen-bond donors (Lipinski definition) is 0. The van der Waals surface area contributed by atoms with Crippen LogP contribution in [0.25, 0.3) is 0 Å². The largest absolute Gasteiger partial charge is 0.493 e. The Labute approximate surface area is 128 Å². The minimum Gasteiger partial charge on any atom is -0.493 e. The van der Waals surface area contributed by atoms with Gasteiger partial charge in [-0.25, -0.2) is 9.97 Å². The Bertz CT molecular complexity index is 696. The summed E-state index contributed by atoms with van der Waals surface area (Å²) in [4.78, 5) is 8.11. The third-order valence-electron chi connectivity index (χ3n) is 2.88. The second-order valence-electron chi connectivity index (χ2n) is 4.62. The van der Waals surface area contributed by atoms with Crippen LogP contribution in [0.4, 0.5) is 0 Å². The molecule has 1 aromatic heterocycles. The van der Waals surface area contributed by atoms with Crippen LogP contribution in [-0.2, 0) is 0 Å². The molecule has 108 valence electrons. The van der Waals surface area contributed by atoms with Gasteiger partial charge in [-0.15, -0.1) is 0 Å². The van der Waals surface area contributed by atoms with Gasteiger partial charge in [0.05, 0.1) is 24.3 Å². The van der Waals surface area contributed by atoms with Crippen molar-refractivity contribution in [3.63, 3.8) is 0 Å². The Kier molecular flexibility index (Phi) is 4.61. The molecule has 2 aromatic rings. The third kappa shape index (κ3) is 3.23. The van der Waals surface area contributed by atoms with Gasteiger partial charge >= 0.3 is 0 Å². The molecule has 0 spiro atoms. The quantitative estimate of drug-likeness (QED) is 0.801. The first-order valence-electron chi connectivity index (χ1n) is 6.33. The maximum Gasteiger partial charge on any atom is 0.227 e. The summed E-state index contributed by atoms with van der Waals surface area (Å²) in [6.45, 7) is 3.96. The SMILES string of the molecule is COc1cc(C#N)ccc1Oc1ncnc(Cl)c1C(C)C. The van der Waals surface area contributed by atoms with Crippen LogP contribution in [0.15, 0.2) is 24.5 Å². The van der Waals surface area contributed by atoms with E-state index in [1.54, 1.807) is 18.2 Å². The molecule has 0 aliphatic carbocycles. The molecular weight excluding hydrogens is 290 g/mol. The normalized spacial score (nSPS) is 10.3. The lowest BCUT2D eigenvalue weighted by atomic mass is 10.1. The molecular formula is C15H14ClN3O2. The highest BCUT2D eigenvalue weighted by Gasteiger charge is 2.17. The van der Waals surface area contributed by atoms with Gasteiger partial charge in [-0.05, 0) is 18.1 Å². The van der Waals surface area contributed by atoms with Crippen LogP contribution in [0.5, 0.6) is 17.4 Å². The van der Waals surface area contributed by atoms with Crippen LogP contribution in [0, 0.1) is 11.3 Å². The van der Waals surface area contributed by atoms with E-state index in [2.05, 4.69) is 9.97 Å². The molecule has 2 rings (SSSR count). The van der Waals surface area contributed by atoms with E-state index in [4.69, 9.17) is 26.3 Å². The fourth-order valence-corrected chi connectivity index (χ4v) is 2.19. The standard InChI is InChI=1S/C15H14ClN3O2/c1-9(2)13-14(16)18-8-19-15(13)21-11-5-4-10(7-17)6-12(11)20-3/h4-6,8-9H,1-3H3. The number of benzene rings is 1. The van der Waals surface area contributed by atoms with Gasteiger partial charge in [0.15, 0.2) is 11.5 Å². The number of nitriles is 1. The van der Waals surface area contributed by atoms with Gasteiger partial charge in [0, 0.05) is 6.07 Å². The number of nitrogens with zero attached hydrogens (tertiary/aromatic N) is 3. The van der Waals surface area contributed by atoms with Gasteiger partial charge in [-0.2, -0.15) is 5.26 Å². The zero-order valence-corrected chi connectivity index (χ0v) is 12.7. The van der Waals surface area contributed by atoms with E-state index < -0.39 is 0 Å². The van der Waals surface area contributed by atoms with Gasteiger partial charge in [-0.1, -0.05) is 25.4 Å². The van der Waals surface area contributed by atoms with Crippen LogP contribution in [0.3, 0.4) is 0 Å². The minimum atomic E-state index is 0.109. The Morgan fingerprint density at radius 1 is 1.24 bits per heavy atom. The Hall–Kier alpha value is -2.32. The topological polar surface area (TPSA) is 68.0 Å². The van der Waals surface area contributed by atoms with E-state index >= 15 is 0 Å². The van der Waals surface area contributed by atoms with Crippen molar-refractivity contribution in [3.05, 3.63) is 40.8 Å². The number of hydrogen-bond acceptors (Lipinski definition) is 5. The summed E-state index contributed by atoms with van der Waals surface area (Å²) in [5.41, 5.74) is 1.22. The number of halogens is 1. The summed E-state index contributed by atoms with van der Waals surface area (Å²) < 4.78 is 11.0. The van der Waals surface area contributed by atoms with Gasteiger partial charge in [0.1, 0.15) is 11.5 Å². The van der Waals surface area contributed by atoms with Crippen molar-refractivity contribution in [2.24, 2.45) is 0 Å². The smallest absolute Gasteiger partial charge is 0.227 e. The molecule has 0 fully saturated rings. The van der Waals surface area contributed by atoms with Crippen LogP contribution in [0.2, 0.25) is 5.15 Å². The van der Waals surface area contributed by atoms with E-state index in [0.717, 1.165) is 5.56 Å². The second kappa shape index (κ2) is 6.42. The molecule has 0 amide bonds. The molecule has 0 saturated heterocycles. The van der Waals surface area contributed by atoms with Crippen LogP contribution >= 0.6 is 11.6 Å². The third-order valence-corrected chi connectivity index (χ3v) is 3.18. The van der Waals surface area contributed by atoms with Gasteiger partial charge < -0.3 is 9.47 Å². The highest BCUT2D eigenvalue weighted by atomic mass is 35.5. The van der Waals surface area contributed by atoms with Crippen molar-refractivity contribution in [1.29, 1.82) is 5.26 Å². The molecule has 0 unspecified atom stereocenters. The van der Waals surface area contributed by atoms with Crippen molar-refractivity contribution in [2.75, 3.05) is 7.11 Å². The fourth-order valence-electron chi connectivity index (χ4n) is 1.85. The summed E-state index contributed by atoms with van der Waals surface area (Å²) in [6, 6.07) is 6.97. The first kappa shape index (κ1) is 15.1. The molecule has 6 heteroatoms. The molecule has 0 radical (unpaired) electrons. The highest BCUT2D eigenvalue weighted by Crippen LogP contribution is 2.36. The lowest BCUT2D eigenvalue weighted by Gasteiger charge is -2.15. The lowest BCUT2D eigenvalue weighted by Crippen LogP contribution is -2.00. The minimum absolute atomic E-state index is 0.109. The first-order chi connectivity index (χ1) is 10.1. The molecule has 0 aliphatic rings. The number of rotatable bonds is 4. The lowest BCUT2D eigenvalue weighted by molar-refractivity contribution is 0.371. The predicted molar refractivity (Wildman–Crippen MR) is 78.9 cm³/mol. The van der Waals surface area contributed by atoms with E-state index in [9.17, 15) is 0 Å². The molecule has 5 nitrogen and oxygen atoms in total. The Morgan fingerprint density at radius 2 is 2.00 bits per heavy atom. The predicted octanol–water partition coefficient (Wildman–Crippen LogP) is 3.93. The first-order valence-corrected chi connectivity index (χ1v) is 6.71. The second-order valence-corrected chi connectivity index (χ2v) is 4.98. The molecule has 0 atom stereocenters. The number of aromatic nitrogens is 2.